The zero-order valence-electron chi connectivity index (χ0n) is 15.9. The first-order chi connectivity index (χ1) is 13.0. The van der Waals surface area contributed by atoms with Crippen LogP contribution in [0.4, 0.5) is 0 Å². The van der Waals surface area contributed by atoms with Gasteiger partial charge in [0, 0.05) is 18.7 Å². The van der Waals surface area contributed by atoms with Crippen molar-refractivity contribution in [1.82, 2.24) is 19.7 Å². The number of likely N-dealkylation sites (tertiary alicyclic amines) is 1. The Hall–Kier alpha value is -2.28. The van der Waals surface area contributed by atoms with Crippen molar-refractivity contribution in [1.29, 1.82) is 0 Å². The first-order valence-corrected chi connectivity index (χ1v) is 9.51. The number of rotatable bonds is 6. The second-order valence-corrected chi connectivity index (χ2v) is 7.50. The summed E-state index contributed by atoms with van der Waals surface area (Å²) in [6.07, 6.45) is 4.95. The van der Waals surface area contributed by atoms with Crippen LogP contribution in [-0.2, 0) is 0 Å². The Kier molecular flexibility index (Phi) is 6.21. The molecule has 146 valence electrons. The molecular formula is C19H25ClN4O3. The van der Waals surface area contributed by atoms with E-state index in [4.69, 9.17) is 21.1 Å². The predicted octanol–water partition coefficient (Wildman–Crippen LogP) is 3.45. The third-order valence-electron chi connectivity index (χ3n) is 4.60. The van der Waals surface area contributed by atoms with Crippen molar-refractivity contribution in [3.05, 3.63) is 35.4 Å². The maximum atomic E-state index is 12.9. The van der Waals surface area contributed by atoms with Gasteiger partial charge < -0.3 is 14.4 Å². The van der Waals surface area contributed by atoms with Crippen LogP contribution in [0.15, 0.2) is 24.8 Å². The molecule has 0 radical (unpaired) electrons. The van der Waals surface area contributed by atoms with Gasteiger partial charge >= 0.3 is 0 Å². The number of amides is 1. The van der Waals surface area contributed by atoms with Crippen molar-refractivity contribution in [3.63, 3.8) is 0 Å². The van der Waals surface area contributed by atoms with Gasteiger partial charge in [-0.2, -0.15) is 5.10 Å². The highest BCUT2D eigenvalue weighted by Crippen LogP contribution is 2.37. The zero-order chi connectivity index (χ0) is 19.4. The smallest absolute Gasteiger partial charge is 0.254 e. The molecule has 1 aromatic heterocycles. The number of aromatic nitrogens is 3. The molecule has 0 spiro atoms. The van der Waals surface area contributed by atoms with Crippen LogP contribution in [0.5, 0.6) is 11.5 Å². The normalized spacial score (nSPS) is 15.2. The van der Waals surface area contributed by atoms with Crippen LogP contribution in [-0.4, -0.2) is 52.4 Å². The molecule has 1 aliphatic heterocycles. The average Bonchev–Trinajstić information content (AvgIpc) is 3.20. The minimum atomic E-state index is -0.0531. The molecule has 2 aromatic rings. The lowest BCUT2D eigenvalue weighted by molar-refractivity contribution is 0.0689. The van der Waals surface area contributed by atoms with Crippen molar-refractivity contribution in [2.45, 2.75) is 32.7 Å². The maximum Gasteiger partial charge on any atom is 0.254 e. The quantitative estimate of drug-likeness (QED) is 0.753. The molecule has 27 heavy (non-hydrogen) atoms. The highest BCUT2D eigenvalue weighted by Gasteiger charge is 2.26. The number of nitrogens with zero attached hydrogens (tertiary/aromatic N) is 4. The molecular weight excluding hydrogens is 368 g/mol. The van der Waals surface area contributed by atoms with Crippen molar-refractivity contribution in [3.8, 4) is 11.5 Å². The van der Waals surface area contributed by atoms with Gasteiger partial charge in [-0.15, -0.1) is 0 Å². The van der Waals surface area contributed by atoms with Gasteiger partial charge in [0.1, 0.15) is 12.7 Å². The molecule has 2 heterocycles. The fourth-order valence-electron chi connectivity index (χ4n) is 3.16. The van der Waals surface area contributed by atoms with Crippen LogP contribution in [0.3, 0.4) is 0 Å². The number of benzene rings is 1. The SMILES string of the molecule is COc1cc(C(=O)N2CCC(n3cncn3)CC2)cc(Cl)c1OCC(C)C. The van der Waals surface area contributed by atoms with E-state index >= 15 is 0 Å². The third kappa shape index (κ3) is 4.53. The fraction of sp³-hybridized carbons (Fsp3) is 0.526. The lowest BCUT2D eigenvalue weighted by Crippen LogP contribution is -2.39. The second kappa shape index (κ2) is 8.61. The highest BCUT2D eigenvalue weighted by molar-refractivity contribution is 6.32. The van der Waals surface area contributed by atoms with Crippen molar-refractivity contribution < 1.29 is 14.3 Å². The van der Waals surface area contributed by atoms with Gasteiger partial charge in [0.25, 0.3) is 5.91 Å². The molecule has 0 bridgehead atoms. The summed E-state index contributed by atoms with van der Waals surface area (Å²) in [6, 6.07) is 3.64. The maximum absolute atomic E-state index is 12.9. The lowest BCUT2D eigenvalue weighted by atomic mass is 10.0. The van der Waals surface area contributed by atoms with E-state index in [2.05, 4.69) is 23.9 Å². The number of hydrogen-bond donors (Lipinski definition) is 0. The second-order valence-electron chi connectivity index (χ2n) is 7.09. The molecule has 1 saturated heterocycles. The lowest BCUT2D eigenvalue weighted by Gasteiger charge is -2.32. The van der Waals surface area contributed by atoms with E-state index in [1.165, 1.54) is 6.33 Å². The van der Waals surface area contributed by atoms with Gasteiger partial charge in [0.2, 0.25) is 0 Å². The van der Waals surface area contributed by atoms with E-state index in [-0.39, 0.29) is 11.9 Å². The summed E-state index contributed by atoms with van der Waals surface area (Å²) < 4.78 is 13.0. The number of piperidine rings is 1. The Bertz CT molecular complexity index is 772. The molecule has 1 aliphatic rings. The molecule has 0 saturated carbocycles. The van der Waals surface area contributed by atoms with Crippen LogP contribution in [0, 0.1) is 5.92 Å². The van der Waals surface area contributed by atoms with Crippen LogP contribution in [0.25, 0.3) is 0 Å². The molecule has 0 atom stereocenters. The number of carbonyl (C=O) groups excluding carboxylic acids is 1. The van der Waals surface area contributed by atoms with Crippen LogP contribution in [0.2, 0.25) is 5.02 Å². The molecule has 0 N–H and O–H groups in total. The number of carbonyl (C=O) groups is 1. The predicted molar refractivity (Wildman–Crippen MR) is 103 cm³/mol. The summed E-state index contributed by atoms with van der Waals surface area (Å²) in [7, 11) is 1.55. The van der Waals surface area contributed by atoms with E-state index in [1.807, 2.05) is 9.58 Å². The summed E-state index contributed by atoms with van der Waals surface area (Å²) in [5.41, 5.74) is 0.507. The largest absolute Gasteiger partial charge is 0.493 e. The van der Waals surface area contributed by atoms with E-state index < -0.39 is 0 Å². The Morgan fingerprint density at radius 2 is 2.07 bits per heavy atom. The van der Waals surface area contributed by atoms with Gasteiger partial charge in [-0.3, -0.25) is 4.79 Å². The molecule has 1 aromatic carbocycles. The topological polar surface area (TPSA) is 69.5 Å². The summed E-state index contributed by atoms with van der Waals surface area (Å²) in [5, 5.41) is 4.58. The molecule has 7 nitrogen and oxygen atoms in total. The summed E-state index contributed by atoms with van der Waals surface area (Å²) in [4.78, 5) is 18.8. The average molecular weight is 393 g/mol. The summed E-state index contributed by atoms with van der Waals surface area (Å²) in [6.45, 7) is 5.96. The van der Waals surface area contributed by atoms with Crippen LogP contribution in [0.1, 0.15) is 43.1 Å². The highest BCUT2D eigenvalue weighted by atomic mass is 35.5. The van der Waals surface area contributed by atoms with Crippen molar-refractivity contribution >= 4 is 17.5 Å². The van der Waals surface area contributed by atoms with E-state index in [0.717, 1.165) is 12.8 Å². The molecule has 1 fully saturated rings. The Morgan fingerprint density at radius 1 is 1.33 bits per heavy atom. The standard InChI is InChI=1S/C19H25ClN4O3/c1-13(2)10-27-18-16(20)8-14(9-17(18)26-3)19(25)23-6-4-15(5-7-23)24-12-21-11-22-24/h8-9,11-13,15H,4-7,10H2,1-3H3. The Labute approximate surface area is 164 Å². The van der Waals surface area contributed by atoms with E-state index in [9.17, 15) is 4.79 Å². The van der Waals surface area contributed by atoms with Gasteiger partial charge in [-0.05, 0) is 30.9 Å². The first kappa shape index (κ1) is 19.5. The Balaban J connectivity index is 1.70. The fourth-order valence-corrected chi connectivity index (χ4v) is 3.42. The summed E-state index contributed by atoms with van der Waals surface area (Å²) >= 11 is 6.38. The minimum absolute atomic E-state index is 0.0531. The summed E-state index contributed by atoms with van der Waals surface area (Å²) in [5.74, 6) is 1.26. The molecule has 0 aliphatic carbocycles. The van der Waals surface area contributed by atoms with Crippen molar-refractivity contribution in [2.24, 2.45) is 5.92 Å². The minimum Gasteiger partial charge on any atom is -0.493 e. The number of ether oxygens (including phenoxy) is 2. The number of hydrogen-bond acceptors (Lipinski definition) is 5. The number of methoxy groups -OCH3 is 1. The van der Waals surface area contributed by atoms with Crippen molar-refractivity contribution in [2.75, 3.05) is 26.8 Å². The van der Waals surface area contributed by atoms with Gasteiger partial charge in [-0.1, -0.05) is 25.4 Å². The van der Waals surface area contributed by atoms with Gasteiger partial charge in [-0.25, -0.2) is 9.67 Å². The number of halogens is 1. The molecule has 3 rings (SSSR count). The monoisotopic (exact) mass is 392 g/mol. The van der Waals surface area contributed by atoms with Gasteiger partial charge in [0.05, 0.1) is 24.8 Å². The Morgan fingerprint density at radius 3 is 2.67 bits per heavy atom. The van der Waals surface area contributed by atoms with Crippen LogP contribution >= 0.6 is 11.6 Å². The van der Waals surface area contributed by atoms with Crippen LogP contribution < -0.4 is 9.47 Å². The zero-order valence-corrected chi connectivity index (χ0v) is 16.6. The molecule has 0 unspecified atom stereocenters. The molecule has 8 heteroatoms. The van der Waals surface area contributed by atoms with E-state index in [0.29, 0.717) is 47.7 Å². The molecule has 1 amide bonds. The first-order valence-electron chi connectivity index (χ1n) is 9.13. The van der Waals surface area contributed by atoms with E-state index in [1.54, 1.807) is 25.6 Å². The van der Waals surface area contributed by atoms with Gasteiger partial charge in [0.15, 0.2) is 11.5 Å². The third-order valence-corrected chi connectivity index (χ3v) is 4.88.